The second-order valence-corrected chi connectivity index (χ2v) is 9.34. The van der Waals surface area contributed by atoms with E-state index in [9.17, 15) is 28.6 Å². The van der Waals surface area contributed by atoms with Crippen LogP contribution in [0.3, 0.4) is 0 Å². The Bertz CT molecular complexity index is 1430. The van der Waals surface area contributed by atoms with Gasteiger partial charge in [-0.15, -0.1) is 0 Å². The molecule has 9 nitrogen and oxygen atoms in total. The van der Waals surface area contributed by atoms with E-state index in [-0.39, 0.29) is 27.5 Å². The standard InChI is InChI=1S/C24H18N4O5S/c25-15-20-21(16-11-13-18(14-12-16)28(30)31)22(23(29)17-7-3-1-4-8-17)27(24(20)26)34(32,33)19-9-5-2-6-10-19/h1-14,21-22H,26H2/t21-,22+/m0/s1. The summed E-state index contributed by atoms with van der Waals surface area (Å²) < 4.78 is 28.1. The molecule has 0 radical (unpaired) electrons. The van der Waals surface area contributed by atoms with Crippen molar-refractivity contribution in [3.8, 4) is 6.07 Å². The molecule has 0 fully saturated rings. The molecule has 1 aliphatic rings. The minimum Gasteiger partial charge on any atom is -0.384 e. The molecule has 0 saturated carbocycles. The van der Waals surface area contributed by atoms with Crippen molar-refractivity contribution in [2.45, 2.75) is 16.9 Å². The number of sulfonamides is 1. The third kappa shape index (κ3) is 3.78. The highest BCUT2D eigenvalue weighted by molar-refractivity contribution is 7.89. The highest BCUT2D eigenvalue weighted by Gasteiger charge is 2.50. The van der Waals surface area contributed by atoms with E-state index in [1.54, 1.807) is 36.4 Å². The van der Waals surface area contributed by atoms with Crippen LogP contribution in [0.25, 0.3) is 0 Å². The molecule has 0 aromatic heterocycles. The van der Waals surface area contributed by atoms with Gasteiger partial charge >= 0.3 is 0 Å². The topological polar surface area (TPSA) is 147 Å². The van der Waals surface area contributed by atoms with Gasteiger partial charge in [-0.05, 0) is 17.7 Å². The molecule has 2 atom stereocenters. The maximum atomic E-state index is 13.7. The zero-order valence-corrected chi connectivity index (χ0v) is 18.4. The number of Topliss-reactive ketones (excluding diaryl/α,β-unsaturated/α-hetero) is 1. The monoisotopic (exact) mass is 474 g/mol. The van der Waals surface area contributed by atoms with Crippen LogP contribution in [0, 0.1) is 21.4 Å². The summed E-state index contributed by atoms with van der Waals surface area (Å²) in [5.41, 5.74) is 6.51. The number of hydrogen-bond acceptors (Lipinski definition) is 7. The first-order chi connectivity index (χ1) is 16.3. The lowest BCUT2D eigenvalue weighted by Crippen LogP contribution is -2.45. The zero-order valence-electron chi connectivity index (χ0n) is 17.6. The van der Waals surface area contributed by atoms with Crippen molar-refractivity contribution in [2.75, 3.05) is 0 Å². The third-order valence-corrected chi connectivity index (χ3v) is 7.41. The molecule has 0 spiro atoms. The first-order valence-electron chi connectivity index (χ1n) is 10.1. The molecule has 0 unspecified atom stereocenters. The fourth-order valence-corrected chi connectivity index (χ4v) is 5.62. The Kier molecular flexibility index (Phi) is 5.88. The van der Waals surface area contributed by atoms with Gasteiger partial charge in [-0.3, -0.25) is 14.9 Å². The van der Waals surface area contributed by atoms with Crippen LogP contribution in [0.4, 0.5) is 5.69 Å². The maximum absolute atomic E-state index is 13.7. The molecule has 170 valence electrons. The molecule has 1 aliphatic heterocycles. The van der Waals surface area contributed by atoms with Crippen LogP contribution in [-0.4, -0.2) is 29.5 Å². The number of carbonyl (C=O) groups is 1. The number of benzene rings is 3. The highest BCUT2D eigenvalue weighted by Crippen LogP contribution is 2.43. The predicted octanol–water partition coefficient (Wildman–Crippen LogP) is 3.33. The molecule has 2 N–H and O–H groups in total. The van der Waals surface area contributed by atoms with Crippen LogP contribution >= 0.6 is 0 Å². The molecule has 3 aromatic carbocycles. The lowest BCUT2D eigenvalue weighted by Gasteiger charge is -2.29. The quantitative estimate of drug-likeness (QED) is 0.327. The Morgan fingerprint density at radius 1 is 0.971 bits per heavy atom. The number of non-ortho nitro benzene ring substituents is 1. The van der Waals surface area contributed by atoms with Crippen molar-refractivity contribution in [3.63, 3.8) is 0 Å². The van der Waals surface area contributed by atoms with Crippen LogP contribution in [-0.2, 0) is 10.0 Å². The van der Waals surface area contributed by atoms with E-state index in [0.717, 1.165) is 4.31 Å². The summed E-state index contributed by atoms with van der Waals surface area (Å²) in [5.74, 6) is -1.97. The third-order valence-electron chi connectivity index (χ3n) is 5.60. The molecular formula is C24H18N4O5S. The average molecular weight is 474 g/mol. The van der Waals surface area contributed by atoms with Crippen molar-refractivity contribution < 1.29 is 18.1 Å². The van der Waals surface area contributed by atoms with Crippen LogP contribution in [0.2, 0.25) is 0 Å². The molecule has 0 amide bonds. The second kappa shape index (κ2) is 8.80. The van der Waals surface area contributed by atoms with Crippen molar-refractivity contribution in [1.82, 2.24) is 4.31 Å². The van der Waals surface area contributed by atoms with Gasteiger partial charge in [0.15, 0.2) is 5.78 Å². The number of hydrogen-bond donors (Lipinski definition) is 1. The van der Waals surface area contributed by atoms with E-state index in [4.69, 9.17) is 5.73 Å². The Morgan fingerprint density at radius 2 is 1.53 bits per heavy atom. The first kappa shape index (κ1) is 22.7. The van der Waals surface area contributed by atoms with Crippen LogP contribution < -0.4 is 5.73 Å². The molecule has 1 heterocycles. The van der Waals surface area contributed by atoms with Gasteiger partial charge in [-0.2, -0.15) is 5.26 Å². The van der Waals surface area contributed by atoms with E-state index in [1.165, 1.54) is 48.5 Å². The van der Waals surface area contributed by atoms with Crippen molar-refractivity contribution in [1.29, 1.82) is 5.26 Å². The summed E-state index contributed by atoms with van der Waals surface area (Å²) in [6.07, 6.45) is 0. The summed E-state index contributed by atoms with van der Waals surface area (Å²) in [7, 11) is -4.33. The van der Waals surface area contributed by atoms with Gasteiger partial charge in [0.1, 0.15) is 11.9 Å². The molecule has 4 rings (SSSR count). The molecule has 10 heteroatoms. The lowest BCUT2D eigenvalue weighted by molar-refractivity contribution is -0.384. The number of rotatable bonds is 6. The number of nitro benzene ring substituents is 1. The summed E-state index contributed by atoms with van der Waals surface area (Å²) in [4.78, 5) is 24.1. The predicted molar refractivity (Wildman–Crippen MR) is 123 cm³/mol. The van der Waals surface area contributed by atoms with Crippen LogP contribution in [0.15, 0.2) is 101 Å². The summed E-state index contributed by atoms with van der Waals surface area (Å²) in [6, 6.07) is 21.4. The Balaban J connectivity index is 1.93. The fourth-order valence-electron chi connectivity index (χ4n) is 4.02. The van der Waals surface area contributed by atoms with Gasteiger partial charge in [-0.25, -0.2) is 12.7 Å². The summed E-state index contributed by atoms with van der Waals surface area (Å²) in [6.45, 7) is 0. The Labute approximate surface area is 195 Å². The molecular weight excluding hydrogens is 456 g/mol. The Hall–Kier alpha value is -4.49. The number of nitro groups is 1. The van der Waals surface area contributed by atoms with Crippen LogP contribution in [0.5, 0.6) is 0 Å². The minimum absolute atomic E-state index is 0.0922. The van der Waals surface area contributed by atoms with Crippen LogP contribution in [0.1, 0.15) is 21.8 Å². The molecule has 34 heavy (non-hydrogen) atoms. The van der Waals surface area contributed by atoms with E-state index in [0.29, 0.717) is 5.56 Å². The highest BCUT2D eigenvalue weighted by atomic mass is 32.2. The number of carbonyl (C=O) groups excluding carboxylic acids is 1. The van der Waals surface area contributed by atoms with E-state index in [2.05, 4.69) is 0 Å². The SMILES string of the molecule is N#CC1=C(N)N(S(=O)(=O)c2ccccc2)[C@@H](C(=O)c2ccccc2)[C@H]1c1ccc([N+](=O)[O-])cc1. The normalized spacial score (nSPS) is 17.9. The number of nitriles is 1. The summed E-state index contributed by atoms with van der Waals surface area (Å²) >= 11 is 0. The van der Waals surface area contributed by atoms with Gasteiger partial charge < -0.3 is 5.73 Å². The smallest absolute Gasteiger partial charge is 0.269 e. The van der Waals surface area contributed by atoms with E-state index < -0.39 is 32.7 Å². The fraction of sp³-hybridized carbons (Fsp3) is 0.0833. The number of nitrogens with two attached hydrogens (primary N) is 1. The van der Waals surface area contributed by atoms with Gasteiger partial charge in [0.05, 0.1) is 27.4 Å². The Morgan fingerprint density at radius 3 is 2.06 bits per heavy atom. The lowest BCUT2D eigenvalue weighted by atomic mass is 9.84. The second-order valence-electron chi connectivity index (χ2n) is 7.53. The summed E-state index contributed by atoms with van der Waals surface area (Å²) in [5, 5.41) is 21.0. The molecule has 0 bridgehead atoms. The number of ketones is 1. The van der Waals surface area contributed by atoms with Crippen molar-refractivity contribution >= 4 is 21.5 Å². The zero-order chi connectivity index (χ0) is 24.5. The number of nitrogens with zero attached hydrogens (tertiary/aromatic N) is 3. The first-order valence-corrected chi connectivity index (χ1v) is 11.5. The van der Waals surface area contributed by atoms with Gasteiger partial charge in [0.25, 0.3) is 15.7 Å². The largest absolute Gasteiger partial charge is 0.384 e. The van der Waals surface area contributed by atoms with E-state index >= 15 is 0 Å². The van der Waals surface area contributed by atoms with E-state index in [1.807, 2.05) is 6.07 Å². The van der Waals surface area contributed by atoms with Gasteiger partial charge in [-0.1, -0.05) is 60.7 Å². The average Bonchev–Trinajstić information content (AvgIpc) is 3.17. The molecule has 3 aromatic rings. The minimum atomic E-state index is -4.33. The molecule has 0 aliphatic carbocycles. The van der Waals surface area contributed by atoms with Crippen molar-refractivity contribution in [3.05, 3.63) is 118 Å². The molecule has 0 saturated heterocycles. The van der Waals surface area contributed by atoms with Gasteiger partial charge in [0, 0.05) is 17.7 Å². The maximum Gasteiger partial charge on any atom is 0.269 e. The van der Waals surface area contributed by atoms with Crippen molar-refractivity contribution in [2.24, 2.45) is 5.73 Å². The van der Waals surface area contributed by atoms with Gasteiger partial charge in [0.2, 0.25) is 0 Å².